The Morgan fingerprint density at radius 3 is 2.41 bits per heavy atom. The molecule has 0 spiro atoms. The second kappa shape index (κ2) is 4.53. The second-order valence-corrected chi connectivity index (χ2v) is 5.69. The number of benzene rings is 1. The molecule has 0 N–H and O–H groups in total. The summed E-state index contributed by atoms with van der Waals surface area (Å²) in [7, 11) is -0.599. The van der Waals surface area contributed by atoms with Gasteiger partial charge in [-0.25, -0.2) is 0 Å². The lowest BCUT2D eigenvalue weighted by atomic mass is 10.2. The van der Waals surface area contributed by atoms with Crippen molar-refractivity contribution in [3.63, 3.8) is 0 Å². The number of rotatable bonds is 3. The Morgan fingerprint density at radius 1 is 1.12 bits per heavy atom. The molecule has 0 amide bonds. The van der Waals surface area contributed by atoms with Crippen molar-refractivity contribution in [2.45, 2.75) is 6.92 Å². The molecule has 0 fully saturated rings. The molecule has 0 radical (unpaired) electrons. The number of hydrogen-bond acceptors (Lipinski definition) is 5. The molecule has 2 rings (SSSR count). The predicted octanol–water partition coefficient (Wildman–Crippen LogP) is 2.05. The summed E-state index contributed by atoms with van der Waals surface area (Å²) in [5.41, 5.74) is 1.22. The number of fused-ring (bicyclic) bond motifs is 1. The first-order valence-electron chi connectivity index (χ1n) is 5.06. The quantitative estimate of drug-likeness (QED) is 0.782. The fourth-order valence-electron chi connectivity index (χ4n) is 1.74. The van der Waals surface area contributed by atoms with Gasteiger partial charge in [-0.3, -0.25) is 4.57 Å². The predicted molar refractivity (Wildman–Crippen MR) is 65.5 cm³/mol. The molecule has 0 saturated heterocycles. The van der Waals surface area contributed by atoms with Gasteiger partial charge >= 0.3 is 7.60 Å². The molecule has 0 aliphatic rings. The second-order valence-electron chi connectivity index (χ2n) is 3.51. The Hall–Kier alpha value is -1.29. The molecule has 0 atom stereocenters. The highest BCUT2D eigenvalue weighted by atomic mass is 31.2. The van der Waals surface area contributed by atoms with E-state index in [9.17, 15) is 4.57 Å². The molecule has 1 aromatic heterocycles. The van der Waals surface area contributed by atoms with E-state index in [-0.39, 0.29) is 0 Å². The summed E-state index contributed by atoms with van der Waals surface area (Å²) >= 11 is 0. The zero-order valence-corrected chi connectivity index (χ0v) is 10.8. The van der Waals surface area contributed by atoms with Crippen molar-refractivity contribution in [1.29, 1.82) is 0 Å². The van der Waals surface area contributed by atoms with Crippen molar-refractivity contribution < 1.29 is 13.6 Å². The van der Waals surface area contributed by atoms with Gasteiger partial charge in [0.2, 0.25) is 0 Å². The lowest BCUT2D eigenvalue weighted by Gasteiger charge is -2.16. The molecular weight excluding hydrogens is 239 g/mol. The van der Waals surface area contributed by atoms with E-state index in [0.717, 1.165) is 5.39 Å². The third kappa shape index (κ3) is 1.97. The largest absolute Gasteiger partial charge is 0.363 e. The first-order valence-corrected chi connectivity index (χ1v) is 6.61. The van der Waals surface area contributed by atoms with E-state index in [1.807, 2.05) is 18.2 Å². The Labute approximate surface area is 99.3 Å². The van der Waals surface area contributed by atoms with Crippen LogP contribution in [0.2, 0.25) is 0 Å². The molecule has 0 bridgehead atoms. The zero-order chi connectivity index (χ0) is 12.5. The lowest BCUT2D eigenvalue weighted by Crippen LogP contribution is -2.15. The van der Waals surface area contributed by atoms with Crippen molar-refractivity contribution >= 4 is 23.8 Å². The number of aromatic nitrogens is 2. The first kappa shape index (κ1) is 12.2. The summed E-state index contributed by atoms with van der Waals surface area (Å²) in [6.45, 7) is 1.74. The molecule has 5 nitrogen and oxygen atoms in total. The standard InChI is InChI=1S/C11H13N2O3P/c1-8-11(17(14,15-2)16-3)9-6-4-5-7-10(9)13-12-8/h4-7H,1-3H3. The first-order chi connectivity index (χ1) is 8.12. The Bertz CT molecular complexity index is 592. The van der Waals surface area contributed by atoms with Gasteiger partial charge in [-0.1, -0.05) is 18.2 Å². The van der Waals surface area contributed by atoms with E-state index in [4.69, 9.17) is 9.05 Å². The summed E-state index contributed by atoms with van der Waals surface area (Å²) in [6, 6.07) is 7.33. The molecule has 90 valence electrons. The van der Waals surface area contributed by atoms with Crippen molar-refractivity contribution in [2.24, 2.45) is 0 Å². The fraction of sp³-hybridized carbons (Fsp3) is 0.273. The van der Waals surface area contributed by atoms with E-state index < -0.39 is 7.60 Å². The van der Waals surface area contributed by atoms with Crippen molar-refractivity contribution in [3.05, 3.63) is 30.0 Å². The molecule has 17 heavy (non-hydrogen) atoms. The van der Waals surface area contributed by atoms with Gasteiger partial charge in [0.25, 0.3) is 0 Å². The monoisotopic (exact) mass is 252 g/mol. The van der Waals surface area contributed by atoms with Gasteiger partial charge in [-0.15, -0.1) is 0 Å². The van der Waals surface area contributed by atoms with Gasteiger partial charge in [-0.2, -0.15) is 10.2 Å². The van der Waals surface area contributed by atoms with Crippen LogP contribution in [0.3, 0.4) is 0 Å². The number of nitrogens with zero attached hydrogens (tertiary/aromatic N) is 2. The summed E-state index contributed by atoms with van der Waals surface area (Å²) in [5, 5.41) is 9.25. The van der Waals surface area contributed by atoms with Crippen LogP contribution >= 0.6 is 7.60 Å². The molecule has 6 heteroatoms. The van der Waals surface area contributed by atoms with Crippen LogP contribution in [0.1, 0.15) is 5.69 Å². The molecule has 0 aliphatic carbocycles. The highest BCUT2D eigenvalue weighted by Gasteiger charge is 2.30. The van der Waals surface area contributed by atoms with Gasteiger partial charge in [0.05, 0.1) is 16.5 Å². The van der Waals surface area contributed by atoms with E-state index in [0.29, 0.717) is 16.5 Å². The summed E-state index contributed by atoms with van der Waals surface area (Å²) in [4.78, 5) is 0. The highest BCUT2D eigenvalue weighted by molar-refractivity contribution is 7.62. The van der Waals surface area contributed by atoms with Crippen LogP contribution in [0.25, 0.3) is 10.9 Å². The smallest absolute Gasteiger partial charge is 0.309 e. The minimum atomic E-state index is -3.32. The Morgan fingerprint density at radius 2 is 1.76 bits per heavy atom. The minimum Gasteiger partial charge on any atom is -0.309 e. The van der Waals surface area contributed by atoms with E-state index >= 15 is 0 Å². The van der Waals surface area contributed by atoms with Gasteiger partial charge in [-0.05, 0) is 13.0 Å². The van der Waals surface area contributed by atoms with Gasteiger partial charge in [0, 0.05) is 19.6 Å². The van der Waals surface area contributed by atoms with E-state index in [2.05, 4.69) is 10.2 Å². The third-order valence-electron chi connectivity index (χ3n) is 2.56. The summed E-state index contributed by atoms with van der Waals surface area (Å²) < 4.78 is 22.5. The average Bonchev–Trinajstić information content (AvgIpc) is 2.38. The van der Waals surface area contributed by atoms with Crippen LogP contribution in [0.4, 0.5) is 0 Å². The minimum absolute atomic E-state index is 0.480. The maximum Gasteiger partial charge on any atom is 0.363 e. The van der Waals surface area contributed by atoms with Gasteiger partial charge < -0.3 is 9.05 Å². The van der Waals surface area contributed by atoms with Gasteiger partial charge in [0.1, 0.15) is 0 Å². The highest BCUT2D eigenvalue weighted by Crippen LogP contribution is 2.47. The maximum absolute atomic E-state index is 12.5. The van der Waals surface area contributed by atoms with Crippen molar-refractivity contribution in [1.82, 2.24) is 10.2 Å². The molecule has 0 unspecified atom stereocenters. The molecule has 1 aromatic carbocycles. The fourth-order valence-corrected chi connectivity index (χ4v) is 3.17. The summed E-state index contributed by atoms with van der Waals surface area (Å²) in [6.07, 6.45) is 0. The molecule has 0 aliphatic heterocycles. The molecule has 1 heterocycles. The summed E-state index contributed by atoms with van der Waals surface area (Å²) in [5.74, 6) is 0. The SMILES string of the molecule is COP(=O)(OC)c1c(C)nnc2ccccc12. The third-order valence-corrected chi connectivity index (χ3v) is 4.64. The van der Waals surface area contributed by atoms with Crippen LogP contribution in [0, 0.1) is 6.92 Å². The van der Waals surface area contributed by atoms with Crippen molar-refractivity contribution in [2.75, 3.05) is 14.2 Å². The van der Waals surface area contributed by atoms with Crippen LogP contribution in [0.15, 0.2) is 24.3 Å². The van der Waals surface area contributed by atoms with Gasteiger partial charge in [0.15, 0.2) is 0 Å². The molecule has 0 saturated carbocycles. The van der Waals surface area contributed by atoms with E-state index in [1.165, 1.54) is 14.2 Å². The number of hydrogen-bond donors (Lipinski definition) is 0. The molecule has 2 aromatic rings. The Kier molecular flexibility index (Phi) is 3.24. The lowest BCUT2D eigenvalue weighted by molar-refractivity contribution is 0.287. The van der Waals surface area contributed by atoms with Crippen LogP contribution in [-0.2, 0) is 13.6 Å². The number of aryl methyl sites for hydroxylation is 1. The normalized spacial score (nSPS) is 11.9. The Balaban J connectivity index is 2.84. The maximum atomic E-state index is 12.5. The van der Waals surface area contributed by atoms with Crippen LogP contribution in [0.5, 0.6) is 0 Å². The van der Waals surface area contributed by atoms with Crippen molar-refractivity contribution in [3.8, 4) is 0 Å². The van der Waals surface area contributed by atoms with Crippen LogP contribution < -0.4 is 5.30 Å². The average molecular weight is 252 g/mol. The zero-order valence-electron chi connectivity index (χ0n) is 9.88. The van der Waals surface area contributed by atoms with Crippen LogP contribution in [-0.4, -0.2) is 24.4 Å². The van der Waals surface area contributed by atoms with E-state index in [1.54, 1.807) is 13.0 Å². The topological polar surface area (TPSA) is 61.3 Å². The molecular formula is C11H13N2O3P.